The molecule has 0 radical (unpaired) electrons. The van der Waals surface area contributed by atoms with Gasteiger partial charge in [0.1, 0.15) is 11.3 Å². The molecule has 2 aromatic carbocycles. The Hall–Kier alpha value is -1.58. The van der Waals surface area contributed by atoms with Crippen molar-refractivity contribution in [2.45, 2.75) is 6.42 Å². The van der Waals surface area contributed by atoms with Gasteiger partial charge in [0.15, 0.2) is 5.13 Å². The number of benzene rings is 2. The molecule has 0 N–H and O–H groups in total. The fourth-order valence-electron chi connectivity index (χ4n) is 2.63. The van der Waals surface area contributed by atoms with E-state index in [1.807, 2.05) is 44.4 Å². The van der Waals surface area contributed by atoms with Crippen molar-refractivity contribution in [3.8, 4) is 0 Å². The summed E-state index contributed by atoms with van der Waals surface area (Å²) in [5.74, 6) is -0.465. The van der Waals surface area contributed by atoms with Crippen LogP contribution in [0.5, 0.6) is 0 Å². The number of hydrogen-bond acceptors (Lipinski definition) is 4. The molecule has 0 bridgehead atoms. The van der Waals surface area contributed by atoms with Crippen LogP contribution in [0.2, 0.25) is 0 Å². The number of rotatable bonds is 6. The van der Waals surface area contributed by atoms with Crippen LogP contribution in [0.1, 0.15) is 16.8 Å². The second-order valence-electron chi connectivity index (χ2n) is 6.18. The lowest BCUT2D eigenvalue weighted by atomic mass is 10.2. The minimum absolute atomic E-state index is 0.103. The molecule has 1 heterocycles. The quantitative estimate of drug-likeness (QED) is 0.480. The van der Waals surface area contributed by atoms with Gasteiger partial charge in [0, 0.05) is 10.1 Å². The second kappa shape index (κ2) is 8.41. The zero-order chi connectivity index (χ0) is 18.7. The number of amides is 1. The molecule has 0 unspecified atom stereocenters. The summed E-state index contributed by atoms with van der Waals surface area (Å²) in [4.78, 5) is 21.4. The van der Waals surface area contributed by atoms with Crippen molar-refractivity contribution in [3.63, 3.8) is 0 Å². The van der Waals surface area contributed by atoms with Crippen LogP contribution in [0.4, 0.5) is 9.52 Å². The van der Waals surface area contributed by atoms with E-state index < -0.39 is 0 Å². The number of carbonyl (C=O) groups is 1. The molecule has 7 heteroatoms. The lowest BCUT2D eigenvalue weighted by Gasteiger charge is -2.21. The molecule has 1 aromatic heterocycles. The number of hydrogen-bond donors (Lipinski definition) is 0. The summed E-state index contributed by atoms with van der Waals surface area (Å²) in [5.41, 5.74) is 0.957. The summed E-state index contributed by atoms with van der Waals surface area (Å²) in [6.07, 6.45) is 0.806. The molecule has 3 aromatic rings. The molecule has 136 valence electrons. The number of anilines is 1. The molecule has 0 spiro atoms. The van der Waals surface area contributed by atoms with Crippen molar-refractivity contribution in [2.75, 3.05) is 32.1 Å². The Morgan fingerprint density at radius 1 is 1.15 bits per heavy atom. The van der Waals surface area contributed by atoms with E-state index in [1.54, 1.807) is 11.0 Å². The van der Waals surface area contributed by atoms with Gasteiger partial charge in [-0.2, -0.15) is 0 Å². The molecule has 0 saturated heterocycles. The lowest BCUT2D eigenvalue weighted by Crippen LogP contribution is -2.33. The summed E-state index contributed by atoms with van der Waals surface area (Å²) < 4.78 is 15.7. The van der Waals surface area contributed by atoms with E-state index in [0.29, 0.717) is 22.8 Å². The number of thiazole rings is 1. The predicted molar refractivity (Wildman–Crippen MR) is 114 cm³/mol. The Labute approximate surface area is 169 Å². The summed E-state index contributed by atoms with van der Waals surface area (Å²) >= 11 is 3.51. The third-order valence-electron chi connectivity index (χ3n) is 3.93. The minimum Gasteiger partial charge on any atom is -0.309 e. The van der Waals surface area contributed by atoms with Gasteiger partial charge < -0.3 is 4.90 Å². The fraction of sp³-hybridized carbons (Fsp3) is 0.263. The summed E-state index contributed by atoms with van der Waals surface area (Å²) in [6, 6.07) is 12.4. The van der Waals surface area contributed by atoms with Crippen molar-refractivity contribution in [1.82, 2.24) is 9.88 Å². The number of carbonyl (C=O) groups excluding carboxylic acids is 1. The molecule has 0 aliphatic heterocycles. The van der Waals surface area contributed by atoms with Crippen LogP contribution in [0.3, 0.4) is 0 Å². The number of halogens is 2. The first kappa shape index (κ1) is 19.2. The summed E-state index contributed by atoms with van der Waals surface area (Å²) in [7, 11) is 4.00. The summed E-state index contributed by atoms with van der Waals surface area (Å²) in [5, 5.41) is 0.536. The topological polar surface area (TPSA) is 36.4 Å². The standard InChI is InChI=1S/C19H19FIN3OS/c1-23(2)11-6-12-24(18(25)13-7-3-4-9-15(13)21)19-22-17-14(20)8-5-10-16(17)26-19/h3-5,7-10H,6,11-12H2,1-2H3. The van der Waals surface area contributed by atoms with Gasteiger partial charge in [0.05, 0.1) is 10.3 Å². The first-order chi connectivity index (χ1) is 12.5. The average molecular weight is 483 g/mol. The SMILES string of the molecule is CN(C)CCCN(C(=O)c1ccccc1I)c1nc2c(F)cccc2s1. The Morgan fingerprint density at radius 3 is 2.62 bits per heavy atom. The molecule has 4 nitrogen and oxygen atoms in total. The maximum Gasteiger partial charge on any atom is 0.261 e. The van der Waals surface area contributed by atoms with Crippen molar-refractivity contribution >= 4 is 55.2 Å². The van der Waals surface area contributed by atoms with E-state index in [0.717, 1.165) is 21.2 Å². The highest BCUT2D eigenvalue weighted by Gasteiger charge is 2.23. The monoisotopic (exact) mass is 483 g/mol. The highest BCUT2D eigenvalue weighted by Crippen LogP contribution is 2.31. The zero-order valence-corrected chi connectivity index (χ0v) is 17.6. The Bertz CT molecular complexity index is 928. The van der Waals surface area contributed by atoms with Gasteiger partial charge in [-0.1, -0.05) is 29.5 Å². The van der Waals surface area contributed by atoms with E-state index in [4.69, 9.17) is 0 Å². The number of fused-ring (bicyclic) bond motifs is 1. The molecule has 26 heavy (non-hydrogen) atoms. The molecule has 0 aliphatic rings. The fourth-order valence-corrected chi connectivity index (χ4v) is 4.25. The maximum atomic E-state index is 14.0. The highest BCUT2D eigenvalue weighted by molar-refractivity contribution is 14.1. The zero-order valence-electron chi connectivity index (χ0n) is 14.6. The van der Waals surface area contributed by atoms with E-state index in [2.05, 4.69) is 32.5 Å². The first-order valence-corrected chi connectivity index (χ1v) is 10.1. The average Bonchev–Trinajstić information content (AvgIpc) is 3.03. The number of nitrogens with zero attached hydrogens (tertiary/aromatic N) is 3. The molecule has 0 aliphatic carbocycles. The van der Waals surface area contributed by atoms with Crippen LogP contribution in [-0.4, -0.2) is 43.0 Å². The number of para-hydroxylation sites is 1. The molecule has 0 fully saturated rings. The van der Waals surface area contributed by atoms with Gasteiger partial charge >= 0.3 is 0 Å². The second-order valence-corrected chi connectivity index (χ2v) is 8.35. The predicted octanol–water partition coefficient (Wildman–Crippen LogP) is 4.64. The van der Waals surface area contributed by atoms with Crippen molar-refractivity contribution in [2.24, 2.45) is 0 Å². The van der Waals surface area contributed by atoms with Gasteiger partial charge in [-0.15, -0.1) is 0 Å². The lowest BCUT2D eigenvalue weighted by molar-refractivity contribution is 0.0985. The van der Waals surface area contributed by atoms with Crippen LogP contribution in [0.15, 0.2) is 42.5 Å². The Morgan fingerprint density at radius 2 is 1.92 bits per heavy atom. The van der Waals surface area contributed by atoms with Crippen LogP contribution in [0, 0.1) is 9.39 Å². The highest BCUT2D eigenvalue weighted by atomic mass is 127. The molecular weight excluding hydrogens is 464 g/mol. The van der Waals surface area contributed by atoms with Crippen molar-refractivity contribution in [3.05, 3.63) is 57.4 Å². The van der Waals surface area contributed by atoms with Gasteiger partial charge in [-0.3, -0.25) is 9.69 Å². The smallest absolute Gasteiger partial charge is 0.261 e. The number of aromatic nitrogens is 1. The van der Waals surface area contributed by atoms with E-state index in [1.165, 1.54) is 17.4 Å². The Balaban J connectivity index is 1.97. The van der Waals surface area contributed by atoms with E-state index in [9.17, 15) is 9.18 Å². The normalized spacial score (nSPS) is 11.3. The first-order valence-electron chi connectivity index (χ1n) is 8.23. The van der Waals surface area contributed by atoms with Crippen molar-refractivity contribution in [1.29, 1.82) is 0 Å². The van der Waals surface area contributed by atoms with Crippen molar-refractivity contribution < 1.29 is 9.18 Å². The van der Waals surface area contributed by atoms with Gasteiger partial charge in [0.25, 0.3) is 5.91 Å². The molecular formula is C19H19FIN3OS. The van der Waals surface area contributed by atoms with E-state index >= 15 is 0 Å². The van der Waals surface area contributed by atoms with E-state index in [-0.39, 0.29) is 11.7 Å². The summed E-state index contributed by atoms with van der Waals surface area (Å²) in [6.45, 7) is 1.39. The molecule has 3 rings (SSSR count). The van der Waals surface area contributed by atoms with Crippen LogP contribution < -0.4 is 4.90 Å². The largest absolute Gasteiger partial charge is 0.309 e. The third kappa shape index (κ3) is 4.21. The third-order valence-corrected chi connectivity index (χ3v) is 5.91. The van der Waals surface area contributed by atoms with Gasteiger partial charge in [-0.25, -0.2) is 9.37 Å². The molecule has 0 saturated carbocycles. The van der Waals surface area contributed by atoms with Crippen LogP contribution in [-0.2, 0) is 0 Å². The molecule has 0 atom stereocenters. The Kier molecular flexibility index (Phi) is 6.20. The van der Waals surface area contributed by atoms with Gasteiger partial charge in [0.2, 0.25) is 0 Å². The maximum absolute atomic E-state index is 14.0. The van der Waals surface area contributed by atoms with Crippen LogP contribution >= 0.6 is 33.9 Å². The van der Waals surface area contributed by atoms with Gasteiger partial charge in [-0.05, 0) is 73.9 Å². The van der Waals surface area contributed by atoms with Crippen LogP contribution in [0.25, 0.3) is 10.2 Å². The molecule has 1 amide bonds. The minimum atomic E-state index is -0.361.